The Hall–Kier alpha value is -1.94. The van der Waals surface area contributed by atoms with Crippen LogP contribution in [0.4, 0.5) is 8.78 Å². The van der Waals surface area contributed by atoms with Crippen LogP contribution in [0.25, 0.3) is 0 Å². The zero-order chi connectivity index (χ0) is 13.1. The summed E-state index contributed by atoms with van der Waals surface area (Å²) < 4.78 is 32.5. The molecule has 1 atom stereocenters. The number of nitrogens with two attached hydrogens (primary N) is 1. The molecule has 0 fully saturated rings. The van der Waals surface area contributed by atoms with Crippen LogP contribution in [0.2, 0.25) is 0 Å². The molecule has 4 heteroatoms. The Morgan fingerprint density at radius 1 is 1.00 bits per heavy atom. The summed E-state index contributed by atoms with van der Waals surface area (Å²) in [5, 5.41) is 0. The molecular formula is C14H13F2NO. The van der Waals surface area contributed by atoms with Crippen molar-refractivity contribution in [3.05, 3.63) is 65.2 Å². The molecule has 0 aromatic heterocycles. The van der Waals surface area contributed by atoms with Gasteiger partial charge in [-0.2, -0.15) is 0 Å². The molecular weight excluding hydrogens is 236 g/mol. The number of rotatable bonds is 3. The fourth-order valence-corrected chi connectivity index (χ4v) is 1.82. The van der Waals surface area contributed by atoms with Crippen LogP contribution in [0.3, 0.4) is 0 Å². The number of hydrogen-bond donors (Lipinski definition) is 1. The zero-order valence-electron chi connectivity index (χ0n) is 9.86. The maximum Gasteiger partial charge on any atom is 0.170 e. The van der Waals surface area contributed by atoms with Crippen molar-refractivity contribution in [3.8, 4) is 5.75 Å². The van der Waals surface area contributed by atoms with Gasteiger partial charge in [0, 0.05) is 11.1 Å². The van der Waals surface area contributed by atoms with Crippen LogP contribution in [0, 0.1) is 11.6 Å². The molecule has 0 amide bonds. The Morgan fingerprint density at radius 3 is 2.33 bits per heavy atom. The lowest BCUT2D eigenvalue weighted by Gasteiger charge is -2.15. The van der Waals surface area contributed by atoms with Crippen LogP contribution in [-0.4, -0.2) is 7.11 Å². The molecule has 94 valence electrons. The van der Waals surface area contributed by atoms with Crippen LogP contribution in [0.5, 0.6) is 5.75 Å². The molecule has 0 bridgehead atoms. The summed E-state index contributed by atoms with van der Waals surface area (Å²) in [5.41, 5.74) is 6.37. The monoisotopic (exact) mass is 249 g/mol. The van der Waals surface area contributed by atoms with Crippen molar-refractivity contribution in [2.75, 3.05) is 7.11 Å². The van der Waals surface area contributed by atoms with E-state index >= 15 is 0 Å². The summed E-state index contributed by atoms with van der Waals surface area (Å²) in [5.74, 6) is -0.915. The van der Waals surface area contributed by atoms with Crippen molar-refractivity contribution in [3.63, 3.8) is 0 Å². The van der Waals surface area contributed by atoms with Crippen LogP contribution in [0.1, 0.15) is 17.2 Å². The zero-order valence-corrected chi connectivity index (χ0v) is 9.86. The highest BCUT2D eigenvalue weighted by atomic mass is 19.1. The second kappa shape index (κ2) is 5.14. The lowest BCUT2D eigenvalue weighted by Crippen LogP contribution is -2.15. The second-order valence-corrected chi connectivity index (χ2v) is 3.86. The molecule has 0 aliphatic rings. The third-order valence-corrected chi connectivity index (χ3v) is 2.79. The van der Waals surface area contributed by atoms with E-state index in [0.717, 1.165) is 0 Å². The van der Waals surface area contributed by atoms with Crippen LogP contribution >= 0.6 is 0 Å². The van der Waals surface area contributed by atoms with Gasteiger partial charge >= 0.3 is 0 Å². The largest absolute Gasteiger partial charge is 0.494 e. The van der Waals surface area contributed by atoms with Gasteiger partial charge in [-0.3, -0.25) is 0 Å². The number of benzene rings is 2. The molecule has 18 heavy (non-hydrogen) atoms. The number of hydrogen-bond acceptors (Lipinski definition) is 2. The van der Waals surface area contributed by atoms with Crippen molar-refractivity contribution in [2.24, 2.45) is 5.73 Å². The van der Waals surface area contributed by atoms with Gasteiger partial charge in [0.2, 0.25) is 0 Å². The second-order valence-electron chi connectivity index (χ2n) is 3.86. The number of methoxy groups -OCH3 is 1. The maximum atomic E-state index is 14.0. The molecule has 0 spiro atoms. The Bertz CT molecular complexity index is 557. The van der Waals surface area contributed by atoms with Gasteiger partial charge in [0.25, 0.3) is 0 Å². The Labute approximate surface area is 104 Å². The molecule has 2 aromatic rings. The van der Waals surface area contributed by atoms with Gasteiger partial charge in [-0.15, -0.1) is 0 Å². The first kappa shape index (κ1) is 12.5. The molecule has 2 rings (SSSR count). The highest BCUT2D eigenvalue weighted by Crippen LogP contribution is 2.28. The van der Waals surface area contributed by atoms with Gasteiger partial charge in [-0.25, -0.2) is 8.78 Å². The third kappa shape index (κ3) is 2.19. The maximum absolute atomic E-state index is 14.0. The van der Waals surface area contributed by atoms with Gasteiger partial charge in [0.15, 0.2) is 11.6 Å². The first-order valence-electron chi connectivity index (χ1n) is 5.47. The minimum absolute atomic E-state index is 0.0966. The summed E-state index contributed by atoms with van der Waals surface area (Å²) in [6.45, 7) is 0. The molecule has 0 saturated heterocycles. The molecule has 2 aromatic carbocycles. The average molecular weight is 249 g/mol. The van der Waals surface area contributed by atoms with Gasteiger partial charge in [-0.1, -0.05) is 30.3 Å². The quantitative estimate of drug-likeness (QED) is 0.907. The standard InChI is InChI=1S/C14H13F2NO/c1-18-12-8-4-6-10(13(12)16)14(17)9-5-2-3-7-11(9)15/h2-8,14H,17H2,1H3. The van der Waals surface area contributed by atoms with Crippen molar-refractivity contribution < 1.29 is 13.5 Å². The minimum atomic E-state index is -0.860. The first-order chi connectivity index (χ1) is 8.65. The number of halogens is 2. The fraction of sp³-hybridized carbons (Fsp3) is 0.143. The van der Waals surface area contributed by atoms with Crippen molar-refractivity contribution >= 4 is 0 Å². The molecule has 2 nitrogen and oxygen atoms in total. The summed E-state index contributed by atoms with van der Waals surface area (Å²) in [6.07, 6.45) is 0. The SMILES string of the molecule is COc1cccc(C(N)c2ccccc2F)c1F. The van der Waals surface area contributed by atoms with Crippen LogP contribution in [-0.2, 0) is 0 Å². The smallest absolute Gasteiger partial charge is 0.170 e. The highest BCUT2D eigenvalue weighted by Gasteiger charge is 2.18. The number of ether oxygens (including phenoxy) is 1. The topological polar surface area (TPSA) is 35.2 Å². The summed E-state index contributed by atoms with van der Waals surface area (Å²) in [7, 11) is 1.37. The van der Waals surface area contributed by atoms with Gasteiger partial charge in [0.1, 0.15) is 5.82 Å². The highest BCUT2D eigenvalue weighted by molar-refractivity contribution is 5.38. The van der Waals surface area contributed by atoms with E-state index in [-0.39, 0.29) is 16.9 Å². The van der Waals surface area contributed by atoms with E-state index < -0.39 is 17.7 Å². The van der Waals surface area contributed by atoms with Crippen LogP contribution < -0.4 is 10.5 Å². The molecule has 1 unspecified atom stereocenters. The molecule has 0 aliphatic heterocycles. The average Bonchev–Trinajstić information content (AvgIpc) is 2.39. The van der Waals surface area contributed by atoms with E-state index in [4.69, 9.17) is 10.5 Å². The van der Waals surface area contributed by atoms with E-state index in [2.05, 4.69) is 0 Å². The summed E-state index contributed by atoms with van der Waals surface area (Å²) >= 11 is 0. The van der Waals surface area contributed by atoms with E-state index in [1.54, 1.807) is 24.3 Å². The predicted octanol–water partition coefficient (Wildman–Crippen LogP) is 3.02. The normalized spacial score (nSPS) is 12.2. The van der Waals surface area contributed by atoms with E-state index in [9.17, 15) is 8.78 Å². The minimum Gasteiger partial charge on any atom is -0.494 e. The van der Waals surface area contributed by atoms with Crippen molar-refractivity contribution in [1.29, 1.82) is 0 Å². The summed E-state index contributed by atoms with van der Waals surface area (Å²) in [6, 6.07) is 9.84. The lowest BCUT2D eigenvalue weighted by atomic mass is 9.98. The Balaban J connectivity index is 2.47. The Morgan fingerprint density at radius 2 is 1.67 bits per heavy atom. The molecule has 0 aliphatic carbocycles. The third-order valence-electron chi connectivity index (χ3n) is 2.79. The van der Waals surface area contributed by atoms with Gasteiger partial charge in [-0.05, 0) is 12.1 Å². The van der Waals surface area contributed by atoms with Crippen molar-refractivity contribution in [2.45, 2.75) is 6.04 Å². The summed E-state index contributed by atoms with van der Waals surface area (Å²) in [4.78, 5) is 0. The molecule has 2 N–H and O–H groups in total. The molecule has 0 heterocycles. The van der Waals surface area contributed by atoms with Crippen LogP contribution in [0.15, 0.2) is 42.5 Å². The fourth-order valence-electron chi connectivity index (χ4n) is 1.82. The lowest BCUT2D eigenvalue weighted by molar-refractivity contribution is 0.383. The first-order valence-corrected chi connectivity index (χ1v) is 5.47. The van der Waals surface area contributed by atoms with Gasteiger partial charge < -0.3 is 10.5 Å². The van der Waals surface area contributed by atoms with Crippen molar-refractivity contribution in [1.82, 2.24) is 0 Å². The molecule has 0 saturated carbocycles. The Kier molecular flexibility index (Phi) is 3.58. The van der Waals surface area contributed by atoms with Gasteiger partial charge in [0.05, 0.1) is 13.2 Å². The van der Waals surface area contributed by atoms with E-state index in [0.29, 0.717) is 0 Å². The molecule has 0 radical (unpaired) electrons. The van der Waals surface area contributed by atoms with E-state index in [1.165, 1.54) is 25.3 Å². The predicted molar refractivity (Wildman–Crippen MR) is 65.4 cm³/mol. The van der Waals surface area contributed by atoms with E-state index in [1.807, 2.05) is 0 Å².